The van der Waals surface area contributed by atoms with Gasteiger partial charge in [-0.1, -0.05) is 23.8 Å². The zero-order chi connectivity index (χ0) is 18.7. The molecule has 2 fully saturated rings. The maximum absolute atomic E-state index is 13.0. The van der Waals surface area contributed by atoms with E-state index in [4.69, 9.17) is 4.74 Å². The first-order chi connectivity index (χ1) is 12.5. The fourth-order valence-corrected chi connectivity index (χ4v) is 2.94. The Bertz CT molecular complexity index is 738. The van der Waals surface area contributed by atoms with Crippen LogP contribution in [0.5, 0.6) is 0 Å². The number of carbonyl (C=O) groups is 3. The van der Waals surface area contributed by atoms with Gasteiger partial charge >= 0.3 is 6.03 Å². The Kier molecular flexibility index (Phi) is 5.34. The number of amides is 4. The van der Waals surface area contributed by atoms with Crippen LogP contribution in [0, 0.1) is 12.8 Å². The van der Waals surface area contributed by atoms with Gasteiger partial charge in [-0.2, -0.15) is 0 Å². The van der Waals surface area contributed by atoms with Crippen molar-refractivity contribution < 1.29 is 19.1 Å². The quantitative estimate of drug-likeness (QED) is 0.779. The number of allylic oxidation sites excluding steroid dienone is 1. The van der Waals surface area contributed by atoms with Crippen molar-refractivity contribution in [2.45, 2.75) is 13.8 Å². The highest BCUT2D eigenvalue weighted by molar-refractivity contribution is 6.28. The van der Waals surface area contributed by atoms with E-state index >= 15 is 0 Å². The molecule has 0 spiro atoms. The van der Waals surface area contributed by atoms with Crippen LogP contribution in [0.15, 0.2) is 36.0 Å². The number of hydrazine groups is 1. The standard InChI is InChI=1S/C18H22N4O4/c1-3-14(20-21-8-10-26-11-9-21)15-16(23)19-18(25)22(17(15)24)13-6-4-12(2)5-7-13/h3-7,15,20H,8-11H2,1-2H3,(H,19,23,25)/b14-3+/t15-/m0/s1. The van der Waals surface area contributed by atoms with Gasteiger partial charge in [-0.25, -0.2) is 14.7 Å². The summed E-state index contributed by atoms with van der Waals surface area (Å²) in [6.07, 6.45) is 1.68. The number of imide groups is 2. The highest BCUT2D eigenvalue weighted by atomic mass is 16.5. The van der Waals surface area contributed by atoms with Gasteiger partial charge in [-0.05, 0) is 26.0 Å². The van der Waals surface area contributed by atoms with E-state index in [-0.39, 0.29) is 0 Å². The van der Waals surface area contributed by atoms with Crippen molar-refractivity contribution >= 4 is 23.5 Å². The number of anilines is 1. The molecule has 0 saturated carbocycles. The molecule has 0 radical (unpaired) electrons. The van der Waals surface area contributed by atoms with Gasteiger partial charge in [0.25, 0.3) is 5.91 Å². The normalized spacial score (nSPS) is 22.4. The molecule has 0 aliphatic carbocycles. The fourth-order valence-electron chi connectivity index (χ4n) is 2.94. The maximum Gasteiger partial charge on any atom is 0.335 e. The van der Waals surface area contributed by atoms with Gasteiger partial charge in [0, 0.05) is 18.8 Å². The van der Waals surface area contributed by atoms with Crippen LogP contribution < -0.4 is 15.6 Å². The molecule has 1 atom stereocenters. The van der Waals surface area contributed by atoms with Gasteiger partial charge < -0.3 is 10.2 Å². The molecule has 4 amide bonds. The summed E-state index contributed by atoms with van der Waals surface area (Å²) in [5, 5.41) is 4.17. The minimum Gasteiger partial charge on any atom is -0.379 e. The maximum atomic E-state index is 13.0. The van der Waals surface area contributed by atoms with Gasteiger partial charge in [0.2, 0.25) is 5.91 Å². The van der Waals surface area contributed by atoms with Crippen LogP contribution in [0.2, 0.25) is 0 Å². The summed E-state index contributed by atoms with van der Waals surface area (Å²) < 4.78 is 5.30. The van der Waals surface area contributed by atoms with Gasteiger partial charge in [0.05, 0.1) is 18.9 Å². The molecular formula is C18H22N4O4. The third-order valence-electron chi connectivity index (χ3n) is 4.38. The molecule has 138 valence electrons. The van der Waals surface area contributed by atoms with Crippen LogP contribution in [0.3, 0.4) is 0 Å². The molecule has 2 N–H and O–H groups in total. The summed E-state index contributed by atoms with van der Waals surface area (Å²) in [7, 11) is 0. The summed E-state index contributed by atoms with van der Waals surface area (Å²) in [5.74, 6) is -2.31. The van der Waals surface area contributed by atoms with Gasteiger partial charge in [0.1, 0.15) is 0 Å². The first kappa shape index (κ1) is 18.1. The number of nitrogens with zero attached hydrogens (tertiary/aromatic N) is 2. The van der Waals surface area contributed by atoms with E-state index in [9.17, 15) is 14.4 Å². The van der Waals surface area contributed by atoms with Gasteiger partial charge in [-0.15, -0.1) is 0 Å². The number of benzene rings is 1. The van der Waals surface area contributed by atoms with Gasteiger partial charge in [0.15, 0.2) is 5.92 Å². The Morgan fingerprint density at radius 2 is 1.85 bits per heavy atom. The topological polar surface area (TPSA) is 91.0 Å². The first-order valence-electron chi connectivity index (χ1n) is 8.52. The van der Waals surface area contributed by atoms with Crippen molar-refractivity contribution in [3.8, 4) is 0 Å². The van der Waals surface area contributed by atoms with Crippen molar-refractivity contribution in [1.29, 1.82) is 0 Å². The summed E-state index contributed by atoms with van der Waals surface area (Å²) in [6, 6.07) is 6.25. The van der Waals surface area contributed by atoms with Crippen LogP contribution in [-0.4, -0.2) is 49.2 Å². The van der Waals surface area contributed by atoms with E-state index in [1.807, 2.05) is 24.1 Å². The van der Waals surface area contributed by atoms with Crippen LogP contribution in [0.1, 0.15) is 12.5 Å². The number of barbiturate groups is 1. The molecule has 0 aromatic heterocycles. The van der Waals surface area contributed by atoms with E-state index in [0.29, 0.717) is 37.7 Å². The van der Waals surface area contributed by atoms with E-state index in [2.05, 4.69) is 10.7 Å². The van der Waals surface area contributed by atoms with Crippen molar-refractivity contribution in [2.24, 2.45) is 5.92 Å². The molecule has 1 aromatic carbocycles. The van der Waals surface area contributed by atoms with E-state index in [1.54, 1.807) is 25.1 Å². The predicted octanol–water partition coefficient (Wildman–Crippen LogP) is 0.935. The SMILES string of the molecule is C/C=C(/NN1CCOCC1)[C@H]1C(=O)NC(=O)N(c2ccc(C)cc2)C1=O. The zero-order valence-corrected chi connectivity index (χ0v) is 14.8. The van der Waals surface area contributed by atoms with Crippen molar-refractivity contribution in [2.75, 3.05) is 31.2 Å². The molecule has 8 heteroatoms. The van der Waals surface area contributed by atoms with Crippen LogP contribution in [0.4, 0.5) is 10.5 Å². The van der Waals surface area contributed by atoms with E-state index < -0.39 is 23.8 Å². The molecule has 26 heavy (non-hydrogen) atoms. The lowest BCUT2D eigenvalue weighted by atomic mass is 9.99. The number of urea groups is 1. The van der Waals surface area contributed by atoms with Crippen LogP contribution in [-0.2, 0) is 14.3 Å². The molecule has 3 rings (SSSR count). The Morgan fingerprint density at radius 3 is 2.46 bits per heavy atom. The molecule has 2 saturated heterocycles. The largest absolute Gasteiger partial charge is 0.379 e. The lowest BCUT2D eigenvalue weighted by molar-refractivity contribution is -0.133. The van der Waals surface area contributed by atoms with Crippen LogP contribution in [0.25, 0.3) is 0 Å². The lowest BCUT2D eigenvalue weighted by Gasteiger charge is -2.35. The zero-order valence-electron chi connectivity index (χ0n) is 14.8. The molecule has 0 bridgehead atoms. The molecular weight excluding hydrogens is 336 g/mol. The molecule has 2 aliphatic rings. The number of carbonyl (C=O) groups excluding carboxylic acids is 3. The minimum absolute atomic E-state index is 0.428. The summed E-state index contributed by atoms with van der Waals surface area (Å²) >= 11 is 0. The molecule has 8 nitrogen and oxygen atoms in total. The predicted molar refractivity (Wildman–Crippen MR) is 95.0 cm³/mol. The van der Waals surface area contributed by atoms with Gasteiger partial charge in [-0.3, -0.25) is 14.9 Å². The highest BCUT2D eigenvalue weighted by Gasteiger charge is 2.43. The third-order valence-corrected chi connectivity index (χ3v) is 4.38. The fraction of sp³-hybridized carbons (Fsp3) is 0.389. The number of morpholine rings is 1. The smallest absolute Gasteiger partial charge is 0.335 e. The summed E-state index contributed by atoms with van der Waals surface area (Å²) in [5.41, 5.74) is 5.01. The van der Waals surface area contributed by atoms with Crippen LogP contribution >= 0.6 is 0 Å². The Morgan fingerprint density at radius 1 is 1.19 bits per heavy atom. The van der Waals surface area contributed by atoms with E-state index in [0.717, 1.165) is 10.5 Å². The Labute approximate surface area is 151 Å². The monoisotopic (exact) mass is 358 g/mol. The number of rotatable bonds is 4. The second-order valence-corrected chi connectivity index (χ2v) is 6.19. The summed E-state index contributed by atoms with van der Waals surface area (Å²) in [6.45, 7) is 6.08. The van der Waals surface area contributed by atoms with Crippen molar-refractivity contribution in [3.63, 3.8) is 0 Å². The molecule has 2 aliphatic heterocycles. The number of nitrogens with one attached hydrogen (secondary N) is 2. The lowest BCUT2D eigenvalue weighted by Crippen LogP contribution is -2.60. The highest BCUT2D eigenvalue weighted by Crippen LogP contribution is 2.24. The first-order valence-corrected chi connectivity index (χ1v) is 8.52. The minimum atomic E-state index is -1.11. The summed E-state index contributed by atoms with van der Waals surface area (Å²) in [4.78, 5) is 38.6. The molecule has 1 aromatic rings. The second kappa shape index (κ2) is 7.67. The second-order valence-electron chi connectivity index (χ2n) is 6.19. The third kappa shape index (κ3) is 3.61. The van der Waals surface area contributed by atoms with Crippen molar-refractivity contribution in [3.05, 3.63) is 41.6 Å². The average Bonchev–Trinajstić information content (AvgIpc) is 2.63. The number of hydrogen-bond donors (Lipinski definition) is 2. The Balaban J connectivity index is 1.85. The number of ether oxygens (including phenoxy) is 1. The molecule has 2 heterocycles. The average molecular weight is 358 g/mol. The number of hydrogen-bond acceptors (Lipinski definition) is 6. The molecule has 0 unspecified atom stereocenters. The van der Waals surface area contributed by atoms with E-state index in [1.165, 1.54) is 0 Å². The van der Waals surface area contributed by atoms with Crippen molar-refractivity contribution in [1.82, 2.24) is 15.8 Å². The Hall–Kier alpha value is -2.71. The number of aryl methyl sites for hydroxylation is 1.